The third-order valence-electron chi connectivity index (χ3n) is 4.77. The predicted molar refractivity (Wildman–Crippen MR) is 121 cm³/mol. The van der Waals surface area contributed by atoms with Crippen LogP contribution >= 0.6 is 11.6 Å². The zero-order chi connectivity index (χ0) is 22.9. The first-order valence-corrected chi connectivity index (χ1v) is 10.7. The van der Waals surface area contributed by atoms with E-state index in [0.717, 1.165) is 17.5 Å². The fourth-order valence-electron chi connectivity index (χ4n) is 3.11. The average Bonchev–Trinajstić information content (AvgIpc) is 2.76. The van der Waals surface area contributed by atoms with E-state index in [2.05, 4.69) is 5.32 Å². The van der Waals surface area contributed by atoms with Crippen molar-refractivity contribution in [2.45, 2.75) is 39.2 Å². The number of amides is 1. The number of alkyl carbamates (subject to hydrolysis) is 1. The van der Waals surface area contributed by atoms with Crippen LogP contribution in [0.25, 0.3) is 11.0 Å². The molecule has 0 atom stereocenters. The molecule has 0 radical (unpaired) electrons. The highest BCUT2D eigenvalue weighted by atomic mass is 35.5. The standard InChI is InChI=1S/C24H24ClNO6/c1-16-12-23(28)31-20-14-21(19(25)13-18(16)20)32-22(27)10-6-3-7-11-26-24(29)30-15-17-8-4-2-5-9-17/h2,4-5,8-9,12-14H,3,6-7,10-11,15H2,1H3,(H,26,29). The molecule has 0 aliphatic heterocycles. The molecule has 3 aromatic rings. The van der Waals surface area contributed by atoms with Crippen molar-refractivity contribution in [2.24, 2.45) is 0 Å². The molecule has 0 spiro atoms. The number of rotatable bonds is 9. The van der Waals surface area contributed by atoms with Crippen molar-refractivity contribution in [1.82, 2.24) is 5.32 Å². The monoisotopic (exact) mass is 457 g/mol. The summed E-state index contributed by atoms with van der Waals surface area (Å²) in [6, 6.07) is 13.9. The summed E-state index contributed by atoms with van der Waals surface area (Å²) in [5, 5.41) is 3.63. The summed E-state index contributed by atoms with van der Waals surface area (Å²) in [5.41, 5.74) is 1.48. The van der Waals surface area contributed by atoms with Crippen molar-refractivity contribution < 1.29 is 23.5 Å². The SMILES string of the molecule is Cc1cc(=O)oc2cc(OC(=O)CCCCCNC(=O)OCc3ccccc3)c(Cl)cc12. The Morgan fingerprint density at radius 1 is 1.06 bits per heavy atom. The fourth-order valence-corrected chi connectivity index (χ4v) is 3.31. The molecule has 0 unspecified atom stereocenters. The Morgan fingerprint density at radius 2 is 1.84 bits per heavy atom. The molecule has 0 saturated carbocycles. The largest absolute Gasteiger partial charge is 0.445 e. The van der Waals surface area contributed by atoms with Gasteiger partial charge in [0, 0.05) is 30.5 Å². The van der Waals surface area contributed by atoms with Crippen molar-refractivity contribution >= 4 is 34.6 Å². The lowest BCUT2D eigenvalue weighted by molar-refractivity contribution is -0.134. The molecule has 7 nitrogen and oxygen atoms in total. The maximum atomic E-state index is 12.1. The van der Waals surface area contributed by atoms with E-state index in [0.29, 0.717) is 30.4 Å². The maximum absolute atomic E-state index is 12.1. The number of fused-ring (bicyclic) bond motifs is 1. The van der Waals surface area contributed by atoms with Gasteiger partial charge in [-0.2, -0.15) is 0 Å². The second-order valence-electron chi connectivity index (χ2n) is 7.30. The summed E-state index contributed by atoms with van der Waals surface area (Å²) < 4.78 is 15.6. The quantitative estimate of drug-likeness (QED) is 0.207. The average molecular weight is 458 g/mol. The number of halogens is 1. The van der Waals surface area contributed by atoms with Gasteiger partial charge < -0.3 is 19.2 Å². The summed E-state index contributed by atoms with van der Waals surface area (Å²) in [5.74, 6) is -0.280. The molecule has 1 N–H and O–H groups in total. The lowest BCUT2D eigenvalue weighted by Gasteiger charge is -2.09. The third-order valence-corrected chi connectivity index (χ3v) is 5.06. The summed E-state index contributed by atoms with van der Waals surface area (Å²) in [6.07, 6.45) is 1.76. The number of nitrogens with one attached hydrogen (secondary N) is 1. The van der Waals surface area contributed by atoms with Crippen molar-refractivity contribution in [3.8, 4) is 5.75 Å². The van der Waals surface area contributed by atoms with Crippen LogP contribution in [-0.4, -0.2) is 18.6 Å². The topological polar surface area (TPSA) is 94.8 Å². The van der Waals surface area contributed by atoms with Crippen molar-refractivity contribution in [3.05, 3.63) is 75.1 Å². The molecule has 168 valence electrons. The number of unbranched alkanes of at least 4 members (excludes halogenated alkanes) is 2. The van der Waals surface area contributed by atoms with E-state index in [1.165, 1.54) is 12.1 Å². The van der Waals surface area contributed by atoms with Gasteiger partial charge in [-0.3, -0.25) is 4.79 Å². The number of esters is 1. The Bertz CT molecular complexity index is 1140. The van der Waals surface area contributed by atoms with Crippen LogP contribution < -0.4 is 15.7 Å². The first-order valence-electron chi connectivity index (χ1n) is 10.3. The lowest BCUT2D eigenvalue weighted by Crippen LogP contribution is -2.25. The lowest BCUT2D eigenvalue weighted by atomic mass is 10.1. The van der Waals surface area contributed by atoms with Gasteiger partial charge in [0.1, 0.15) is 12.2 Å². The molecule has 1 aromatic heterocycles. The molecule has 0 aliphatic carbocycles. The van der Waals surface area contributed by atoms with Crippen LogP contribution in [0.2, 0.25) is 5.02 Å². The first-order chi connectivity index (χ1) is 15.4. The number of ether oxygens (including phenoxy) is 2. The van der Waals surface area contributed by atoms with E-state index in [4.69, 9.17) is 25.5 Å². The molecule has 0 bridgehead atoms. The van der Waals surface area contributed by atoms with Gasteiger partial charge in [-0.05, 0) is 37.0 Å². The molecule has 32 heavy (non-hydrogen) atoms. The van der Waals surface area contributed by atoms with E-state index in [9.17, 15) is 14.4 Å². The van der Waals surface area contributed by atoms with Gasteiger partial charge in [-0.25, -0.2) is 9.59 Å². The number of hydrogen-bond acceptors (Lipinski definition) is 6. The Kier molecular flexibility index (Phi) is 8.27. The highest BCUT2D eigenvalue weighted by Crippen LogP contribution is 2.31. The van der Waals surface area contributed by atoms with Crippen LogP contribution in [0.15, 0.2) is 57.7 Å². The predicted octanol–water partition coefficient (Wildman–Crippen LogP) is 5.15. The number of carbonyl (C=O) groups excluding carboxylic acids is 2. The van der Waals surface area contributed by atoms with Crippen LogP contribution in [0, 0.1) is 6.92 Å². The van der Waals surface area contributed by atoms with E-state index in [-0.39, 0.29) is 23.8 Å². The molecular formula is C24H24ClNO6. The Balaban J connectivity index is 1.35. The van der Waals surface area contributed by atoms with Crippen LogP contribution in [0.5, 0.6) is 5.75 Å². The highest BCUT2D eigenvalue weighted by molar-refractivity contribution is 6.33. The van der Waals surface area contributed by atoms with Gasteiger partial charge >= 0.3 is 17.7 Å². The molecule has 0 fully saturated rings. The zero-order valence-corrected chi connectivity index (χ0v) is 18.4. The minimum atomic E-state index is -0.479. The number of hydrogen-bond donors (Lipinski definition) is 1. The van der Waals surface area contributed by atoms with Gasteiger partial charge in [-0.15, -0.1) is 0 Å². The Labute approximate surface area is 190 Å². The maximum Gasteiger partial charge on any atom is 0.407 e. The number of carbonyl (C=O) groups is 2. The summed E-state index contributed by atoms with van der Waals surface area (Å²) >= 11 is 6.21. The van der Waals surface area contributed by atoms with E-state index < -0.39 is 17.7 Å². The van der Waals surface area contributed by atoms with Crippen molar-refractivity contribution in [3.63, 3.8) is 0 Å². The molecule has 3 rings (SSSR count). The number of benzene rings is 2. The minimum Gasteiger partial charge on any atom is -0.445 e. The molecular weight excluding hydrogens is 434 g/mol. The molecule has 0 aliphatic rings. The van der Waals surface area contributed by atoms with Crippen LogP contribution in [0.1, 0.15) is 36.8 Å². The van der Waals surface area contributed by atoms with Crippen molar-refractivity contribution in [2.75, 3.05) is 6.54 Å². The Hall–Kier alpha value is -3.32. The van der Waals surface area contributed by atoms with Gasteiger partial charge in [-0.1, -0.05) is 48.4 Å². The molecule has 8 heteroatoms. The summed E-state index contributed by atoms with van der Waals surface area (Å²) in [7, 11) is 0. The van der Waals surface area contributed by atoms with E-state index in [1.54, 1.807) is 13.0 Å². The van der Waals surface area contributed by atoms with Gasteiger partial charge in [0.2, 0.25) is 0 Å². The second kappa shape index (κ2) is 11.3. The van der Waals surface area contributed by atoms with Crippen LogP contribution in [0.4, 0.5) is 4.79 Å². The van der Waals surface area contributed by atoms with Crippen molar-refractivity contribution in [1.29, 1.82) is 0 Å². The minimum absolute atomic E-state index is 0.153. The highest BCUT2D eigenvalue weighted by Gasteiger charge is 2.13. The third kappa shape index (κ3) is 6.85. The fraction of sp³-hybridized carbons (Fsp3) is 0.292. The molecule has 1 heterocycles. The van der Waals surface area contributed by atoms with Gasteiger partial charge in [0.05, 0.1) is 5.02 Å². The molecule has 0 saturated heterocycles. The van der Waals surface area contributed by atoms with Gasteiger partial charge in [0.15, 0.2) is 5.75 Å². The summed E-state index contributed by atoms with van der Waals surface area (Å²) in [4.78, 5) is 35.4. The first kappa shape index (κ1) is 23.3. The Morgan fingerprint density at radius 3 is 2.62 bits per heavy atom. The van der Waals surface area contributed by atoms with E-state index in [1.807, 2.05) is 30.3 Å². The molecule has 1 amide bonds. The van der Waals surface area contributed by atoms with Crippen LogP contribution in [0.3, 0.4) is 0 Å². The number of aryl methyl sites for hydroxylation is 1. The van der Waals surface area contributed by atoms with Crippen LogP contribution in [-0.2, 0) is 16.1 Å². The summed E-state index contributed by atoms with van der Waals surface area (Å²) in [6.45, 7) is 2.45. The zero-order valence-electron chi connectivity index (χ0n) is 17.7. The molecule has 2 aromatic carbocycles. The van der Waals surface area contributed by atoms with E-state index >= 15 is 0 Å². The second-order valence-corrected chi connectivity index (χ2v) is 7.71. The smallest absolute Gasteiger partial charge is 0.407 e. The van der Waals surface area contributed by atoms with Gasteiger partial charge in [0.25, 0.3) is 0 Å². The normalized spacial score (nSPS) is 10.7.